The van der Waals surface area contributed by atoms with E-state index in [-0.39, 0.29) is 12.4 Å². The molecule has 0 radical (unpaired) electrons. The first-order valence-corrected chi connectivity index (χ1v) is 12.0. The van der Waals surface area contributed by atoms with Crippen molar-refractivity contribution < 1.29 is 9.53 Å². The fourth-order valence-electron chi connectivity index (χ4n) is 3.53. The molecule has 3 aromatic rings. The van der Waals surface area contributed by atoms with Gasteiger partial charge in [-0.15, -0.1) is 11.3 Å². The Labute approximate surface area is 194 Å². The van der Waals surface area contributed by atoms with Crippen LogP contribution >= 0.6 is 11.3 Å². The van der Waals surface area contributed by atoms with Crippen molar-refractivity contribution in [2.75, 3.05) is 25.5 Å². The number of ether oxygens (including phenoxy) is 1. The van der Waals surface area contributed by atoms with Crippen LogP contribution in [0.4, 0.5) is 11.5 Å². The van der Waals surface area contributed by atoms with Crippen LogP contribution in [0.1, 0.15) is 42.0 Å². The summed E-state index contributed by atoms with van der Waals surface area (Å²) in [6.45, 7) is 7.38. The highest BCUT2D eigenvalue weighted by atomic mass is 32.1. The third kappa shape index (κ3) is 6.37. The van der Waals surface area contributed by atoms with Crippen LogP contribution in [-0.2, 0) is 28.8 Å². The van der Waals surface area contributed by atoms with Crippen molar-refractivity contribution in [2.24, 2.45) is 0 Å². The maximum atomic E-state index is 11.7. The van der Waals surface area contributed by atoms with Crippen molar-refractivity contribution >= 4 is 28.8 Å². The SMILES string of the molecule is CCOC(=O)Cc1ccc(Nc2nc(-c3ccc(CCCNC)s3)nc(C)c2CC)cc1. The predicted octanol–water partition coefficient (Wildman–Crippen LogP) is 5.08. The molecule has 170 valence electrons. The van der Waals surface area contributed by atoms with Gasteiger partial charge in [-0.3, -0.25) is 4.79 Å². The van der Waals surface area contributed by atoms with Gasteiger partial charge in [-0.05, 0) is 76.5 Å². The van der Waals surface area contributed by atoms with Gasteiger partial charge in [0.1, 0.15) is 5.82 Å². The molecule has 32 heavy (non-hydrogen) atoms. The van der Waals surface area contributed by atoms with E-state index in [0.29, 0.717) is 6.61 Å². The molecular formula is C25H32N4O2S. The maximum Gasteiger partial charge on any atom is 0.310 e. The minimum atomic E-state index is -0.209. The van der Waals surface area contributed by atoms with Crippen LogP contribution in [0.3, 0.4) is 0 Å². The summed E-state index contributed by atoms with van der Waals surface area (Å²) >= 11 is 1.76. The normalized spacial score (nSPS) is 10.9. The number of nitrogens with zero attached hydrogens (tertiary/aromatic N) is 2. The van der Waals surface area contributed by atoms with Gasteiger partial charge in [-0.1, -0.05) is 19.1 Å². The van der Waals surface area contributed by atoms with Crippen molar-refractivity contribution in [2.45, 2.75) is 46.5 Å². The Morgan fingerprint density at radius 1 is 1.09 bits per heavy atom. The summed E-state index contributed by atoms with van der Waals surface area (Å²) in [5, 5.41) is 6.65. The average Bonchev–Trinajstić information content (AvgIpc) is 3.24. The number of hydrogen-bond acceptors (Lipinski definition) is 7. The highest BCUT2D eigenvalue weighted by Crippen LogP contribution is 2.30. The Morgan fingerprint density at radius 3 is 2.56 bits per heavy atom. The summed E-state index contributed by atoms with van der Waals surface area (Å²) in [6, 6.07) is 12.1. The van der Waals surface area contributed by atoms with Crippen LogP contribution in [-0.4, -0.2) is 36.1 Å². The van der Waals surface area contributed by atoms with Crippen molar-refractivity contribution in [3.63, 3.8) is 0 Å². The summed E-state index contributed by atoms with van der Waals surface area (Å²) in [4.78, 5) is 23.8. The zero-order chi connectivity index (χ0) is 22.9. The van der Waals surface area contributed by atoms with Gasteiger partial charge in [0.05, 0.1) is 17.9 Å². The van der Waals surface area contributed by atoms with Crippen molar-refractivity contribution in [3.8, 4) is 10.7 Å². The summed E-state index contributed by atoms with van der Waals surface area (Å²) in [7, 11) is 1.98. The van der Waals surface area contributed by atoms with E-state index in [1.165, 1.54) is 4.88 Å². The number of thiophene rings is 1. The molecule has 2 N–H and O–H groups in total. The molecule has 0 atom stereocenters. The third-order valence-corrected chi connectivity index (χ3v) is 6.31. The molecule has 6 nitrogen and oxygen atoms in total. The Balaban J connectivity index is 1.79. The van der Waals surface area contributed by atoms with Gasteiger partial charge in [-0.2, -0.15) is 0 Å². The van der Waals surface area contributed by atoms with Crippen molar-refractivity contribution in [1.82, 2.24) is 15.3 Å². The molecule has 0 spiro atoms. The summed E-state index contributed by atoms with van der Waals surface area (Å²) < 4.78 is 5.03. The van der Waals surface area contributed by atoms with Gasteiger partial charge in [0, 0.05) is 21.8 Å². The largest absolute Gasteiger partial charge is 0.466 e. The monoisotopic (exact) mass is 452 g/mol. The molecule has 0 saturated carbocycles. The quantitative estimate of drug-likeness (QED) is 0.312. The second kappa shape index (κ2) is 11.7. The number of aryl methyl sites for hydroxylation is 2. The minimum absolute atomic E-state index is 0.209. The van der Waals surface area contributed by atoms with E-state index in [4.69, 9.17) is 14.7 Å². The highest BCUT2D eigenvalue weighted by molar-refractivity contribution is 7.15. The Hall–Kier alpha value is -2.77. The molecule has 3 rings (SSSR count). The maximum absolute atomic E-state index is 11.7. The second-order valence-corrected chi connectivity index (χ2v) is 8.76. The number of benzene rings is 1. The molecule has 0 saturated heterocycles. The number of carbonyl (C=O) groups is 1. The lowest BCUT2D eigenvalue weighted by Gasteiger charge is -2.14. The molecule has 0 amide bonds. The summed E-state index contributed by atoms with van der Waals surface area (Å²) in [5.74, 6) is 1.38. The average molecular weight is 453 g/mol. The number of anilines is 2. The molecule has 2 aromatic heterocycles. The molecule has 0 fully saturated rings. The van der Waals surface area contributed by atoms with E-state index in [0.717, 1.165) is 64.8 Å². The zero-order valence-electron chi connectivity index (χ0n) is 19.3. The van der Waals surface area contributed by atoms with Crippen molar-refractivity contribution in [1.29, 1.82) is 0 Å². The van der Waals surface area contributed by atoms with Gasteiger partial charge >= 0.3 is 5.97 Å². The fraction of sp³-hybridized carbons (Fsp3) is 0.400. The first-order chi connectivity index (χ1) is 15.5. The number of aromatic nitrogens is 2. The Morgan fingerprint density at radius 2 is 1.88 bits per heavy atom. The van der Waals surface area contributed by atoms with Crippen LogP contribution in [0.5, 0.6) is 0 Å². The first-order valence-electron chi connectivity index (χ1n) is 11.2. The Bertz CT molecular complexity index is 1030. The standard InChI is InChI=1S/C25H32N4O2S/c1-5-21-17(3)27-25(22-14-13-20(32-22)8-7-15-26-4)29-24(21)28-19-11-9-18(10-12-19)16-23(30)31-6-2/h9-14,26H,5-8,15-16H2,1-4H3,(H,27,28,29). The van der Waals surface area contributed by atoms with E-state index in [2.05, 4.69) is 29.7 Å². The number of nitrogens with one attached hydrogen (secondary N) is 2. The van der Waals surface area contributed by atoms with E-state index >= 15 is 0 Å². The molecule has 0 aliphatic rings. The van der Waals surface area contributed by atoms with Crippen LogP contribution in [0.25, 0.3) is 10.7 Å². The van der Waals surface area contributed by atoms with Crippen LogP contribution < -0.4 is 10.6 Å². The van der Waals surface area contributed by atoms with E-state index in [9.17, 15) is 4.79 Å². The molecule has 2 heterocycles. The van der Waals surface area contributed by atoms with Crippen LogP contribution in [0, 0.1) is 6.92 Å². The van der Waals surface area contributed by atoms with Crippen LogP contribution in [0.2, 0.25) is 0 Å². The second-order valence-electron chi connectivity index (χ2n) is 7.59. The summed E-state index contributed by atoms with van der Waals surface area (Å²) in [5.41, 5.74) is 3.95. The van der Waals surface area contributed by atoms with E-state index < -0.39 is 0 Å². The smallest absolute Gasteiger partial charge is 0.310 e. The number of rotatable bonds is 11. The van der Waals surface area contributed by atoms with Gasteiger partial charge in [0.2, 0.25) is 0 Å². The fourth-order valence-corrected chi connectivity index (χ4v) is 4.51. The molecule has 0 unspecified atom stereocenters. The predicted molar refractivity (Wildman–Crippen MR) is 132 cm³/mol. The molecule has 0 aliphatic carbocycles. The van der Waals surface area contributed by atoms with Gasteiger partial charge < -0.3 is 15.4 Å². The Kier molecular flexibility index (Phi) is 8.76. The highest BCUT2D eigenvalue weighted by Gasteiger charge is 2.14. The van der Waals surface area contributed by atoms with Gasteiger partial charge in [-0.25, -0.2) is 9.97 Å². The van der Waals surface area contributed by atoms with Crippen LogP contribution in [0.15, 0.2) is 36.4 Å². The lowest BCUT2D eigenvalue weighted by atomic mass is 10.1. The lowest BCUT2D eigenvalue weighted by Crippen LogP contribution is -2.07. The van der Waals surface area contributed by atoms with Gasteiger partial charge in [0.25, 0.3) is 0 Å². The van der Waals surface area contributed by atoms with E-state index in [1.54, 1.807) is 11.3 Å². The van der Waals surface area contributed by atoms with E-state index in [1.807, 2.05) is 45.2 Å². The topological polar surface area (TPSA) is 76.1 Å². The molecular weight excluding hydrogens is 420 g/mol. The number of esters is 1. The number of carbonyl (C=O) groups excluding carboxylic acids is 1. The third-order valence-electron chi connectivity index (χ3n) is 5.17. The van der Waals surface area contributed by atoms with Crippen molar-refractivity contribution in [3.05, 3.63) is 58.1 Å². The molecule has 0 aliphatic heterocycles. The summed E-state index contributed by atoms with van der Waals surface area (Å²) in [6.07, 6.45) is 3.29. The zero-order valence-corrected chi connectivity index (χ0v) is 20.1. The molecule has 1 aromatic carbocycles. The molecule has 0 bridgehead atoms. The number of hydrogen-bond donors (Lipinski definition) is 2. The minimum Gasteiger partial charge on any atom is -0.466 e. The van der Waals surface area contributed by atoms with Gasteiger partial charge in [0.15, 0.2) is 5.82 Å². The molecule has 7 heteroatoms. The first kappa shape index (κ1) is 23.9. The lowest BCUT2D eigenvalue weighted by molar-refractivity contribution is -0.142.